The molecule has 0 N–H and O–H groups in total. The lowest BCUT2D eigenvalue weighted by molar-refractivity contribution is 0.538. The molecule has 0 saturated heterocycles. The molecule has 2 aliphatic rings. The first-order valence-corrected chi connectivity index (χ1v) is 4.89. The Labute approximate surface area is 78.5 Å². The highest BCUT2D eigenvalue weighted by Crippen LogP contribution is 2.56. The minimum Gasteiger partial charge on any atom is -0.264 e. The van der Waals surface area contributed by atoms with Crippen LogP contribution in [0.1, 0.15) is 24.5 Å². The Morgan fingerprint density at radius 1 is 1.54 bits per heavy atom. The van der Waals surface area contributed by atoms with Gasteiger partial charge in [0.25, 0.3) is 0 Å². The average Bonchev–Trinajstić information content (AvgIpc) is 2.75. The van der Waals surface area contributed by atoms with Crippen LogP contribution in [0.25, 0.3) is 6.08 Å². The molecule has 1 saturated carbocycles. The van der Waals surface area contributed by atoms with Gasteiger partial charge < -0.3 is 0 Å². The van der Waals surface area contributed by atoms with Gasteiger partial charge in [-0.15, -0.1) is 0 Å². The van der Waals surface area contributed by atoms with Gasteiger partial charge in [0.2, 0.25) is 0 Å². The second-order valence-electron chi connectivity index (χ2n) is 4.58. The smallest absolute Gasteiger partial charge is 0.0342 e. The van der Waals surface area contributed by atoms with Gasteiger partial charge in [-0.05, 0) is 41.4 Å². The van der Waals surface area contributed by atoms with Crippen LogP contribution in [0.15, 0.2) is 24.5 Å². The zero-order chi connectivity index (χ0) is 8.89. The Bertz CT molecular complexity index is 380. The summed E-state index contributed by atoms with van der Waals surface area (Å²) in [5.41, 5.74) is 3.34. The van der Waals surface area contributed by atoms with Crippen LogP contribution < -0.4 is 0 Å². The van der Waals surface area contributed by atoms with Crippen molar-refractivity contribution in [2.24, 2.45) is 11.3 Å². The summed E-state index contributed by atoms with van der Waals surface area (Å²) in [6, 6.07) is 2.16. The van der Waals surface area contributed by atoms with E-state index in [9.17, 15) is 0 Å². The van der Waals surface area contributed by atoms with Gasteiger partial charge in [0.1, 0.15) is 0 Å². The highest BCUT2D eigenvalue weighted by molar-refractivity contribution is 5.56. The molecule has 0 aromatic carbocycles. The fourth-order valence-corrected chi connectivity index (χ4v) is 2.35. The van der Waals surface area contributed by atoms with Gasteiger partial charge >= 0.3 is 0 Å². The summed E-state index contributed by atoms with van der Waals surface area (Å²) in [6.45, 7) is 2.39. The molecule has 0 spiro atoms. The molecule has 66 valence electrons. The predicted molar refractivity (Wildman–Crippen MR) is 53.2 cm³/mol. The molecule has 1 nitrogen and oxygen atoms in total. The maximum atomic E-state index is 4.15. The zero-order valence-electron chi connectivity index (χ0n) is 7.83. The van der Waals surface area contributed by atoms with Crippen molar-refractivity contribution in [2.45, 2.75) is 19.8 Å². The molecule has 0 amide bonds. The summed E-state index contributed by atoms with van der Waals surface area (Å²) in [5, 5.41) is 0. The Kier molecular flexibility index (Phi) is 1.25. The Morgan fingerprint density at radius 2 is 2.46 bits per heavy atom. The van der Waals surface area contributed by atoms with E-state index in [0.717, 1.165) is 5.92 Å². The van der Waals surface area contributed by atoms with Crippen molar-refractivity contribution in [3.8, 4) is 0 Å². The summed E-state index contributed by atoms with van der Waals surface area (Å²) in [5.74, 6) is 0.819. The predicted octanol–water partition coefficient (Wildman–Crippen LogP) is 2.68. The molecule has 1 fully saturated rings. The molecular weight excluding hydrogens is 158 g/mol. The molecule has 0 bridgehead atoms. The van der Waals surface area contributed by atoms with Crippen LogP contribution in [-0.2, 0) is 6.42 Å². The van der Waals surface area contributed by atoms with Crippen molar-refractivity contribution < 1.29 is 0 Å². The molecule has 0 aliphatic heterocycles. The van der Waals surface area contributed by atoms with Crippen LogP contribution in [0.5, 0.6) is 0 Å². The van der Waals surface area contributed by atoms with Crippen molar-refractivity contribution in [3.05, 3.63) is 35.7 Å². The largest absolute Gasteiger partial charge is 0.264 e. The van der Waals surface area contributed by atoms with Crippen LogP contribution in [0.3, 0.4) is 0 Å². The van der Waals surface area contributed by atoms with Crippen molar-refractivity contribution >= 4 is 6.08 Å². The number of pyridine rings is 1. The molecule has 2 aliphatic carbocycles. The average molecular weight is 171 g/mol. The lowest BCUT2D eigenvalue weighted by Gasteiger charge is -2.09. The maximum Gasteiger partial charge on any atom is 0.0342 e. The summed E-state index contributed by atoms with van der Waals surface area (Å²) >= 11 is 0. The number of allylic oxidation sites excluding steroid dienone is 1. The minimum absolute atomic E-state index is 0.559. The van der Waals surface area contributed by atoms with E-state index in [2.05, 4.69) is 30.1 Å². The maximum absolute atomic E-state index is 4.15. The molecule has 1 heterocycles. The lowest BCUT2D eigenvalue weighted by atomic mass is 9.96. The lowest BCUT2D eigenvalue weighted by Crippen LogP contribution is -2.02. The third-order valence-corrected chi connectivity index (χ3v) is 3.47. The Morgan fingerprint density at radius 3 is 3.38 bits per heavy atom. The van der Waals surface area contributed by atoms with E-state index >= 15 is 0 Å². The van der Waals surface area contributed by atoms with Crippen LogP contribution in [-0.4, -0.2) is 4.98 Å². The first kappa shape index (κ1) is 7.31. The minimum atomic E-state index is 0.559. The van der Waals surface area contributed by atoms with E-state index < -0.39 is 0 Å². The third-order valence-electron chi connectivity index (χ3n) is 3.47. The van der Waals surface area contributed by atoms with Gasteiger partial charge in [0.05, 0.1) is 0 Å². The standard InChI is InChI=1S/C12H13N/c1-12-6-9-4-5-13-8-10(9)2-3-11(12)7-12/h2-5,8,11H,6-7H2,1H3. The number of nitrogens with zero attached hydrogens (tertiary/aromatic N) is 1. The molecule has 0 radical (unpaired) electrons. The first-order chi connectivity index (χ1) is 6.28. The van der Waals surface area contributed by atoms with E-state index in [4.69, 9.17) is 0 Å². The topological polar surface area (TPSA) is 12.9 Å². The number of fused-ring (bicyclic) bond motifs is 2. The SMILES string of the molecule is CC12Cc3ccncc3C=CC1C2. The zero-order valence-corrected chi connectivity index (χ0v) is 7.83. The number of hydrogen-bond acceptors (Lipinski definition) is 1. The van der Waals surface area contributed by atoms with Gasteiger partial charge in [-0.2, -0.15) is 0 Å². The van der Waals surface area contributed by atoms with Crippen molar-refractivity contribution in [1.29, 1.82) is 0 Å². The Hall–Kier alpha value is -1.11. The summed E-state index contributed by atoms with van der Waals surface area (Å²) in [7, 11) is 0. The van der Waals surface area contributed by atoms with Crippen molar-refractivity contribution in [1.82, 2.24) is 4.98 Å². The van der Waals surface area contributed by atoms with Gasteiger partial charge in [0, 0.05) is 12.4 Å². The van der Waals surface area contributed by atoms with E-state index in [1.807, 2.05) is 12.4 Å². The highest BCUT2D eigenvalue weighted by atomic mass is 14.6. The molecular formula is C12H13N. The molecule has 2 atom stereocenters. The van der Waals surface area contributed by atoms with Crippen LogP contribution in [0.4, 0.5) is 0 Å². The summed E-state index contributed by atoms with van der Waals surface area (Å²) < 4.78 is 0. The molecule has 1 aromatic heterocycles. The van der Waals surface area contributed by atoms with Crippen molar-refractivity contribution in [3.63, 3.8) is 0 Å². The van der Waals surface area contributed by atoms with Gasteiger partial charge in [0.15, 0.2) is 0 Å². The molecule has 13 heavy (non-hydrogen) atoms. The number of aromatic nitrogens is 1. The second-order valence-corrected chi connectivity index (χ2v) is 4.58. The molecule has 1 heteroatoms. The van der Waals surface area contributed by atoms with E-state index in [0.29, 0.717) is 5.41 Å². The second kappa shape index (κ2) is 2.22. The Balaban J connectivity index is 2.10. The van der Waals surface area contributed by atoms with E-state index in [-0.39, 0.29) is 0 Å². The fraction of sp³-hybridized carbons (Fsp3) is 0.417. The third kappa shape index (κ3) is 1.03. The van der Waals surface area contributed by atoms with Crippen LogP contribution >= 0.6 is 0 Å². The molecule has 1 aromatic rings. The number of rotatable bonds is 0. The summed E-state index contributed by atoms with van der Waals surface area (Å²) in [4.78, 5) is 4.15. The van der Waals surface area contributed by atoms with Crippen molar-refractivity contribution in [2.75, 3.05) is 0 Å². The molecule has 3 rings (SSSR count). The first-order valence-electron chi connectivity index (χ1n) is 4.89. The van der Waals surface area contributed by atoms with E-state index in [1.165, 1.54) is 24.0 Å². The van der Waals surface area contributed by atoms with E-state index in [1.54, 1.807) is 0 Å². The van der Waals surface area contributed by atoms with Gasteiger partial charge in [-0.1, -0.05) is 19.1 Å². The van der Waals surface area contributed by atoms with Crippen LogP contribution in [0, 0.1) is 11.3 Å². The van der Waals surface area contributed by atoms with Gasteiger partial charge in [-0.25, -0.2) is 0 Å². The van der Waals surface area contributed by atoms with Gasteiger partial charge in [-0.3, -0.25) is 4.98 Å². The quantitative estimate of drug-likeness (QED) is 0.585. The number of hydrogen-bond donors (Lipinski definition) is 0. The summed E-state index contributed by atoms with van der Waals surface area (Å²) in [6.07, 6.45) is 11.1. The molecule has 2 unspecified atom stereocenters. The fourth-order valence-electron chi connectivity index (χ4n) is 2.35. The van der Waals surface area contributed by atoms with Crippen LogP contribution in [0.2, 0.25) is 0 Å². The monoisotopic (exact) mass is 171 g/mol. The normalized spacial score (nSPS) is 34.7. The highest BCUT2D eigenvalue weighted by Gasteiger charge is 2.48.